The second-order valence-corrected chi connectivity index (χ2v) is 4.21. The molecule has 0 saturated heterocycles. The number of nitrogens with zero attached hydrogens (tertiary/aromatic N) is 1. The number of benzene rings is 1. The van der Waals surface area contributed by atoms with Gasteiger partial charge in [0, 0.05) is 38.5 Å². The fraction of sp³-hybridized carbons (Fsp3) is 0.357. The maximum Gasteiger partial charge on any atom is 0.0921 e. The smallest absolute Gasteiger partial charge is 0.0921 e. The van der Waals surface area contributed by atoms with E-state index in [1.54, 1.807) is 13.4 Å². The summed E-state index contributed by atoms with van der Waals surface area (Å²) >= 11 is 0. The third kappa shape index (κ3) is 3.68. The Balaban J connectivity index is 1.79. The first-order chi connectivity index (χ1) is 8.90. The third-order valence-corrected chi connectivity index (χ3v) is 2.86. The van der Waals surface area contributed by atoms with E-state index in [0.29, 0.717) is 6.61 Å². The Morgan fingerprint density at radius 1 is 1.28 bits per heavy atom. The molecule has 0 aliphatic carbocycles. The normalized spacial score (nSPS) is 10.7. The lowest BCUT2D eigenvalue weighted by molar-refractivity contribution is 0.184. The number of aromatic amines is 1. The molecule has 2 rings (SSSR count). The van der Waals surface area contributed by atoms with E-state index in [2.05, 4.69) is 33.5 Å². The van der Waals surface area contributed by atoms with Crippen molar-refractivity contribution in [2.45, 2.75) is 19.6 Å². The molecule has 1 heterocycles. The van der Waals surface area contributed by atoms with Crippen molar-refractivity contribution in [2.75, 3.05) is 13.7 Å². The fourth-order valence-electron chi connectivity index (χ4n) is 1.89. The quantitative estimate of drug-likeness (QED) is 0.732. The van der Waals surface area contributed by atoms with E-state index in [0.717, 1.165) is 25.2 Å². The number of hydrogen-bond acceptors (Lipinski definition) is 3. The van der Waals surface area contributed by atoms with Gasteiger partial charge in [-0.3, -0.25) is 0 Å². The van der Waals surface area contributed by atoms with Crippen LogP contribution in [0.5, 0.6) is 0 Å². The van der Waals surface area contributed by atoms with Crippen LogP contribution in [0.3, 0.4) is 0 Å². The summed E-state index contributed by atoms with van der Waals surface area (Å²) in [5.74, 6) is 0. The highest BCUT2D eigenvalue weighted by molar-refractivity contribution is 5.26. The minimum absolute atomic E-state index is 0.665. The van der Waals surface area contributed by atoms with E-state index in [9.17, 15) is 0 Å². The molecule has 0 amide bonds. The number of methoxy groups -OCH3 is 1. The Kier molecular flexibility index (Phi) is 4.93. The van der Waals surface area contributed by atoms with E-state index in [4.69, 9.17) is 4.74 Å². The molecule has 0 spiro atoms. The van der Waals surface area contributed by atoms with E-state index >= 15 is 0 Å². The first-order valence-corrected chi connectivity index (χ1v) is 6.14. The molecule has 96 valence electrons. The summed E-state index contributed by atoms with van der Waals surface area (Å²) in [5.41, 5.74) is 3.70. The second-order valence-electron chi connectivity index (χ2n) is 4.21. The molecule has 0 aliphatic rings. The van der Waals surface area contributed by atoms with Gasteiger partial charge in [-0.2, -0.15) is 0 Å². The first-order valence-electron chi connectivity index (χ1n) is 6.14. The standard InChI is InChI=1S/C14H19N3O/c1-18-10-13-5-3-2-4-12(13)8-15-7-6-14-9-16-11-17-14/h2-5,9,11,15H,6-8,10H2,1H3,(H,16,17). The molecule has 0 saturated carbocycles. The van der Waals surface area contributed by atoms with Crippen molar-refractivity contribution >= 4 is 0 Å². The minimum Gasteiger partial charge on any atom is -0.380 e. The highest BCUT2D eigenvalue weighted by atomic mass is 16.5. The van der Waals surface area contributed by atoms with Gasteiger partial charge in [-0.1, -0.05) is 24.3 Å². The van der Waals surface area contributed by atoms with Crippen molar-refractivity contribution in [1.29, 1.82) is 0 Å². The molecule has 2 aromatic rings. The molecule has 0 radical (unpaired) electrons. The molecule has 0 fully saturated rings. The van der Waals surface area contributed by atoms with Crippen LogP contribution in [-0.2, 0) is 24.3 Å². The van der Waals surface area contributed by atoms with Gasteiger partial charge < -0.3 is 15.0 Å². The van der Waals surface area contributed by atoms with Gasteiger partial charge in [-0.05, 0) is 11.1 Å². The lowest BCUT2D eigenvalue weighted by Gasteiger charge is -2.09. The van der Waals surface area contributed by atoms with Crippen molar-refractivity contribution in [3.05, 3.63) is 53.6 Å². The number of ether oxygens (including phenoxy) is 1. The zero-order valence-corrected chi connectivity index (χ0v) is 10.6. The van der Waals surface area contributed by atoms with Crippen molar-refractivity contribution in [3.8, 4) is 0 Å². The summed E-state index contributed by atoms with van der Waals surface area (Å²) in [6, 6.07) is 8.35. The molecule has 18 heavy (non-hydrogen) atoms. The summed E-state index contributed by atoms with van der Waals surface area (Å²) < 4.78 is 5.19. The van der Waals surface area contributed by atoms with Gasteiger partial charge in [0.25, 0.3) is 0 Å². The van der Waals surface area contributed by atoms with E-state index < -0.39 is 0 Å². The van der Waals surface area contributed by atoms with E-state index in [1.165, 1.54) is 11.1 Å². The van der Waals surface area contributed by atoms with Crippen LogP contribution in [0, 0.1) is 0 Å². The molecule has 0 unspecified atom stereocenters. The summed E-state index contributed by atoms with van der Waals surface area (Å²) in [5, 5.41) is 3.44. The van der Waals surface area contributed by atoms with E-state index in [1.807, 2.05) is 12.3 Å². The van der Waals surface area contributed by atoms with Crippen LogP contribution < -0.4 is 5.32 Å². The average Bonchev–Trinajstić information content (AvgIpc) is 2.90. The molecule has 1 aromatic heterocycles. The van der Waals surface area contributed by atoms with Gasteiger partial charge in [0.05, 0.1) is 12.9 Å². The Hall–Kier alpha value is -1.65. The molecular weight excluding hydrogens is 226 g/mol. The molecule has 4 nitrogen and oxygen atoms in total. The summed E-state index contributed by atoms with van der Waals surface area (Å²) in [4.78, 5) is 7.09. The van der Waals surface area contributed by atoms with Gasteiger partial charge in [0.15, 0.2) is 0 Å². The van der Waals surface area contributed by atoms with Crippen molar-refractivity contribution < 1.29 is 4.74 Å². The first kappa shape index (κ1) is 12.8. The maximum atomic E-state index is 5.19. The van der Waals surface area contributed by atoms with Crippen molar-refractivity contribution in [2.24, 2.45) is 0 Å². The van der Waals surface area contributed by atoms with Crippen LogP contribution in [0.25, 0.3) is 0 Å². The number of imidazole rings is 1. The molecule has 1 aromatic carbocycles. The summed E-state index contributed by atoms with van der Waals surface area (Å²) in [7, 11) is 1.72. The summed E-state index contributed by atoms with van der Waals surface area (Å²) in [6.07, 6.45) is 4.54. The predicted molar refractivity (Wildman–Crippen MR) is 71.2 cm³/mol. The Morgan fingerprint density at radius 2 is 2.11 bits per heavy atom. The van der Waals surface area contributed by atoms with Crippen LogP contribution in [0.1, 0.15) is 16.8 Å². The zero-order valence-electron chi connectivity index (χ0n) is 10.6. The van der Waals surface area contributed by atoms with Gasteiger partial charge in [0.2, 0.25) is 0 Å². The van der Waals surface area contributed by atoms with E-state index in [-0.39, 0.29) is 0 Å². The Labute approximate surface area is 107 Å². The molecule has 4 heteroatoms. The molecule has 0 bridgehead atoms. The van der Waals surface area contributed by atoms with Crippen LogP contribution in [0.15, 0.2) is 36.8 Å². The SMILES string of the molecule is COCc1ccccc1CNCCc1cnc[nH]1. The molecule has 0 atom stereocenters. The lowest BCUT2D eigenvalue weighted by Crippen LogP contribution is -2.17. The highest BCUT2D eigenvalue weighted by Gasteiger charge is 2.01. The highest BCUT2D eigenvalue weighted by Crippen LogP contribution is 2.09. The molecule has 2 N–H and O–H groups in total. The predicted octanol–water partition coefficient (Wildman–Crippen LogP) is 1.89. The third-order valence-electron chi connectivity index (χ3n) is 2.86. The van der Waals surface area contributed by atoms with Crippen LogP contribution in [-0.4, -0.2) is 23.6 Å². The monoisotopic (exact) mass is 245 g/mol. The second kappa shape index (κ2) is 6.93. The Morgan fingerprint density at radius 3 is 2.83 bits per heavy atom. The van der Waals surface area contributed by atoms with Gasteiger partial charge in [0.1, 0.15) is 0 Å². The van der Waals surface area contributed by atoms with Gasteiger partial charge in [-0.25, -0.2) is 4.98 Å². The van der Waals surface area contributed by atoms with Crippen molar-refractivity contribution in [1.82, 2.24) is 15.3 Å². The summed E-state index contributed by atoms with van der Waals surface area (Å²) in [6.45, 7) is 2.47. The van der Waals surface area contributed by atoms with Gasteiger partial charge in [-0.15, -0.1) is 0 Å². The van der Waals surface area contributed by atoms with Crippen LogP contribution in [0.2, 0.25) is 0 Å². The van der Waals surface area contributed by atoms with Gasteiger partial charge >= 0.3 is 0 Å². The Bertz CT molecular complexity index is 454. The number of nitrogens with one attached hydrogen (secondary N) is 2. The number of hydrogen-bond donors (Lipinski definition) is 2. The number of rotatable bonds is 7. The van der Waals surface area contributed by atoms with Crippen LogP contribution >= 0.6 is 0 Å². The zero-order chi connectivity index (χ0) is 12.6. The molecular formula is C14H19N3O. The lowest BCUT2D eigenvalue weighted by atomic mass is 10.1. The average molecular weight is 245 g/mol. The minimum atomic E-state index is 0.665. The maximum absolute atomic E-state index is 5.19. The molecule has 0 aliphatic heterocycles. The topological polar surface area (TPSA) is 49.9 Å². The number of H-pyrrole nitrogens is 1. The largest absolute Gasteiger partial charge is 0.380 e. The van der Waals surface area contributed by atoms with Crippen LogP contribution in [0.4, 0.5) is 0 Å². The van der Waals surface area contributed by atoms with Crippen molar-refractivity contribution in [3.63, 3.8) is 0 Å². The fourth-order valence-corrected chi connectivity index (χ4v) is 1.89. The number of aromatic nitrogens is 2.